The Bertz CT molecular complexity index is 2020. The molecule has 2 atom stereocenters. The van der Waals surface area contributed by atoms with Crippen LogP contribution in [0.25, 0.3) is 11.4 Å². The molecule has 0 radical (unpaired) electrons. The van der Waals surface area contributed by atoms with Gasteiger partial charge in [0.25, 0.3) is 0 Å². The molecule has 0 saturated carbocycles. The van der Waals surface area contributed by atoms with Crippen LogP contribution < -0.4 is 10.6 Å². The Hall–Kier alpha value is -2.43. The second kappa shape index (κ2) is 14.7. The van der Waals surface area contributed by atoms with Gasteiger partial charge in [-0.05, 0) is 94.8 Å². The minimum Gasteiger partial charge on any atom is -0.541 e. The summed E-state index contributed by atoms with van der Waals surface area (Å²) < 4.78 is 0. The van der Waals surface area contributed by atoms with E-state index in [2.05, 4.69) is 221 Å². The highest BCUT2D eigenvalue weighted by molar-refractivity contribution is 8.51. The number of hydrogen-bond donors (Lipinski definition) is 0. The lowest BCUT2D eigenvalue weighted by Gasteiger charge is -2.41. The molecule has 0 spiro atoms. The van der Waals surface area contributed by atoms with E-state index in [1.165, 1.54) is 65.5 Å². The lowest BCUT2D eigenvalue weighted by Crippen LogP contribution is -2.34. The summed E-state index contributed by atoms with van der Waals surface area (Å²) in [4.78, 5) is 0. The average molecular weight is 789 g/mol. The third-order valence-electron chi connectivity index (χ3n) is 11.0. The fourth-order valence-corrected chi connectivity index (χ4v) is 18.5. The first-order valence-corrected chi connectivity index (χ1v) is 24.5. The molecule has 4 aromatic carbocycles. The van der Waals surface area contributed by atoms with Crippen LogP contribution in [0.5, 0.6) is 0 Å². The van der Waals surface area contributed by atoms with Crippen molar-refractivity contribution in [2.75, 3.05) is 0 Å². The van der Waals surface area contributed by atoms with Gasteiger partial charge in [0.2, 0.25) is 0 Å². The molecule has 0 nitrogen and oxygen atoms in total. The second-order valence-corrected chi connectivity index (χ2v) is 28.8. The fourth-order valence-electron chi connectivity index (χ4n) is 7.67. The number of rotatable bonds is 4. The van der Waals surface area contributed by atoms with Crippen molar-refractivity contribution in [2.24, 2.45) is 0 Å². The van der Waals surface area contributed by atoms with Crippen molar-refractivity contribution in [3.8, 4) is 0 Å². The Kier molecular flexibility index (Phi) is 11.7. The molecule has 0 aliphatic carbocycles. The van der Waals surface area contributed by atoms with Gasteiger partial charge in [0.05, 0.1) is 16.2 Å². The molecule has 0 fully saturated rings. The predicted octanol–water partition coefficient (Wildman–Crippen LogP) is 15.4. The van der Waals surface area contributed by atoms with E-state index in [1.807, 2.05) is 0 Å². The number of benzene rings is 4. The van der Waals surface area contributed by atoms with Crippen molar-refractivity contribution in [2.45, 2.75) is 157 Å². The zero-order valence-corrected chi connectivity index (χ0v) is 40.1. The van der Waals surface area contributed by atoms with E-state index >= 15 is 0 Å². The lowest BCUT2D eigenvalue weighted by molar-refractivity contribution is 0.553. The molecule has 294 valence electrons. The molecule has 0 bridgehead atoms. The van der Waals surface area contributed by atoms with Crippen molar-refractivity contribution in [1.82, 2.24) is 0 Å². The molecule has 1 aliphatic heterocycles. The van der Waals surface area contributed by atoms with Crippen LogP contribution in [-0.4, -0.2) is 0 Å². The van der Waals surface area contributed by atoms with E-state index in [0.29, 0.717) is 0 Å². The largest absolute Gasteiger partial charge is 0.541 e. The van der Waals surface area contributed by atoms with Crippen LogP contribution in [0.2, 0.25) is 0 Å². The molecular weight excluding hydrogens is 719 g/mol. The molecule has 5 rings (SSSR count). The van der Waals surface area contributed by atoms with Crippen LogP contribution in [0.4, 0.5) is 0 Å². The van der Waals surface area contributed by atoms with Gasteiger partial charge in [0.15, 0.2) is 0 Å². The van der Waals surface area contributed by atoms with Crippen LogP contribution in [0.15, 0.2) is 95.8 Å². The molecule has 1 aliphatic rings. The standard InChI is InChI=1S/C52H70P2S/c1-47(2,3)37-30-39(49(7,8)9)45(40(31-37)50(10,11)12)53-43(36-27-23-20-24-28-36)34-54(55,44(53)29-35-25-21-19-22-26-35)46-41(51(13,14)15)32-38(48(4,5)6)33-42(46)52(16,17)18/h19-34H,1-18H3/b44-29+. The maximum absolute atomic E-state index is 7.60. The summed E-state index contributed by atoms with van der Waals surface area (Å²) in [5, 5.41) is 5.78. The van der Waals surface area contributed by atoms with E-state index in [-0.39, 0.29) is 32.5 Å². The third-order valence-corrected chi connectivity index (χ3v) is 19.6. The monoisotopic (exact) mass is 788 g/mol. The molecule has 0 amide bonds. The predicted molar refractivity (Wildman–Crippen MR) is 254 cm³/mol. The van der Waals surface area contributed by atoms with Crippen molar-refractivity contribution >= 4 is 48.6 Å². The zero-order chi connectivity index (χ0) is 41.3. The first-order valence-electron chi connectivity index (χ1n) is 20.3. The van der Waals surface area contributed by atoms with Gasteiger partial charge in [-0.1, -0.05) is 210 Å². The molecule has 3 heteroatoms. The van der Waals surface area contributed by atoms with Crippen LogP contribution >= 0.6 is 14.4 Å². The van der Waals surface area contributed by atoms with Gasteiger partial charge < -0.3 is 12.2 Å². The van der Waals surface area contributed by atoms with Gasteiger partial charge in [-0.2, -0.15) is 0 Å². The van der Waals surface area contributed by atoms with Crippen molar-refractivity contribution in [3.63, 3.8) is 0 Å². The Morgan fingerprint density at radius 2 is 0.836 bits per heavy atom. The van der Waals surface area contributed by atoms with E-state index in [0.717, 1.165) is 0 Å². The highest BCUT2D eigenvalue weighted by Crippen LogP contribution is 2.86. The van der Waals surface area contributed by atoms with Gasteiger partial charge in [0, 0.05) is 13.2 Å². The van der Waals surface area contributed by atoms with Gasteiger partial charge >= 0.3 is 0 Å². The van der Waals surface area contributed by atoms with Crippen LogP contribution in [0.1, 0.15) is 169 Å². The average Bonchev–Trinajstić information content (AvgIpc) is 3.34. The van der Waals surface area contributed by atoms with Gasteiger partial charge in [-0.15, -0.1) is 0 Å². The van der Waals surface area contributed by atoms with Crippen LogP contribution in [0.3, 0.4) is 0 Å². The van der Waals surface area contributed by atoms with Crippen molar-refractivity contribution in [1.29, 1.82) is 0 Å². The van der Waals surface area contributed by atoms with Crippen LogP contribution in [-0.2, 0) is 44.7 Å². The summed E-state index contributed by atoms with van der Waals surface area (Å²) in [5.41, 5.74) is 10.6. The summed E-state index contributed by atoms with van der Waals surface area (Å²) in [6.45, 7) is 40.4. The summed E-state index contributed by atoms with van der Waals surface area (Å²) in [5.74, 6) is 2.66. The Labute approximate surface area is 344 Å². The van der Waals surface area contributed by atoms with Crippen LogP contribution in [0, 0.1) is 0 Å². The second-order valence-electron chi connectivity index (χ2n) is 22.1. The van der Waals surface area contributed by atoms with E-state index in [4.69, 9.17) is 12.2 Å². The first kappa shape index (κ1) is 43.7. The quantitative estimate of drug-likeness (QED) is 0.147. The molecule has 0 saturated heterocycles. The molecule has 4 aromatic rings. The Balaban J connectivity index is 2.10. The minimum absolute atomic E-state index is 0.000343. The Morgan fingerprint density at radius 3 is 1.20 bits per heavy atom. The van der Waals surface area contributed by atoms with E-state index < -0.39 is 14.4 Å². The van der Waals surface area contributed by atoms with E-state index in [1.54, 1.807) is 0 Å². The third kappa shape index (κ3) is 9.01. The number of hydrogen-bond acceptors (Lipinski definition) is 1. The molecular formula is C52H70P2S. The fraction of sp³-hybridized carbons (Fsp3) is 0.462. The maximum atomic E-state index is 7.60. The first-order chi connectivity index (χ1) is 25.0. The smallest absolute Gasteiger partial charge is 0.0909 e. The Morgan fingerprint density at radius 1 is 0.473 bits per heavy atom. The van der Waals surface area contributed by atoms with E-state index in [9.17, 15) is 0 Å². The summed E-state index contributed by atoms with van der Waals surface area (Å²) in [6.07, 6.45) is 2.55. The summed E-state index contributed by atoms with van der Waals surface area (Å²) in [6, 6.07) is 32.5. The minimum atomic E-state index is -2.61. The molecule has 55 heavy (non-hydrogen) atoms. The SMILES string of the molecule is CC(C)(C)c1cc(C(C)(C)C)c(P2C(c3ccccc3)=C[P+]([S-])(c3c(C(C)(C)C)cc(C(C)(C)C)cc3C(C)(C)C)/C2=C/c2ccccc2)c(C(C)(C)C)c1. The highest BCUT2D eigenvalue weighted by Gasteiger charge is 2.51. The lowest BCUT2D eigenvalue weighted by atomic mass is 9.75. The normalized spacial score (nSPS) is 19.6. The van der Waals surface area contributed by atoms with Gasteiger partial charge in [0.1, 0.15) is 0 Å². The molecule has 2 unspecified atom stereocenters. The van der Waals surface area contributed by atoms with Gasteiger partial charge in [-0.3, -0.25) is 0 Å². The maximum Gasteiger partial charge on any atom is 0.0909 e. The molecule has 0 N–H and O–H groups in total. The topological polar surface area (TPSA) is 0 Å². The van der Waals surface area contributed by atoms with Crippen molar-refractivity contribution in [3.05, 3.63) is 140 Å². The zero-order valence-electron chi connectivity index (χ0n) is 37.5. The molecule has 1 heterocycles. The summed E-state index contributed by atoms with van der Waals surface area (Å²) >= 11 is 7.60. The van der Waals surface area contributed by atoms with Crippen molar-refractivity contribution < 1.29 is 0 Å². The van der Waals surface area contributed by atoms with Gasteiger partial charge in [-0.25, -0.2) is 0 Å². The highest BCUT2D eigenvalue weighted by atomic mass is 32.7. The molecule has 0 aromatic heterocycles. The summed E-state index contributed by atoms with van der Waals surface area (Å²) in [7, 11) is -1.06.